The number of aliphatic hydroxyl groups excluding tert-OH is 1. The van der Waals surface area contributed by atoms with E-state index in [9.17, 15) is 0 Å². The van der Waals surface area contributed by atoms with E-state index in [0.717, 1.165) is 22.2 Å². The van der Waals surface area contributed by atoms with E-state index in [2.05, 4.69) is 47.0 Å². The molecule has 1 aliphatic heterocycles. The van der Waals surface area contributed by atoms with Crippen molar-refractivity contribution in [3.8, 4) is 5.75 Å². The molecule has 0 amide bonds. The van der Waals surface area contributed by atoms with Crippen LogP contribution in [0.3, 0.4) is 0 Å². The van der Waals surface area contributed by atoms with E-state index in [1.165, 1.54) is 0 Å². The molecule has 1 unspecified atom stereocenters. The summed E-state index contributed by atoms with van der Waals surface area (Å²) in [5, 5.41) is 12.4. The van der Waals surface area contributed by atoms with Crippen LogP contribution in [0.25, 0.3) is 0 Å². The van der Waals surface area contributed by atoms with Gasteiger partial charge < -0.3 is 19.9 Å². The second kappa shape index (κ2) is 6.46. The molecule has 0 aromatic heterocycles. The standard InChI is InChI=1S/C16H23BrN2O3/c1-5-21-14(18-10-20)19-16(4)9-15(2,3)22-13-7-6-11(17)8-12(13)16/h6-8,20H,5,9-10H2,1-4H3,(H,18,19). The third-order valence-electron chi connectivity index (χ3n) is 3.58. The molecule has 2 N–H and O–H groups in total. The monoisotopic (exact) mass is 370 g/mol. The Morgan fingerprint density at radius 3 is 2.82 bits per heavy atom. The molecule has 0 saturated heterocycles. The van der Waals surface area contributed by atoms with E-state index in [-0.39, 0.29) is 12.3 Å². The number of hydrogen-bond acceptors (Lipinski definition) is 4. The summed E-state index contributed by atoms with van der Waals surface area (Å²) in [5.41, 5.74) is 0.301. The van der Waals surface area contributed by atoms with Crippen LogP contribution in [-0.2, 0) is 10.3 Å². The first-order valence-electron chi connectivity index (χ1n) is 7.35. The minimum Gasteiger partial charge on any atom is -0.487 e. The largest absolute Gasteiger partial charge is 0.487 e. The molecule has 0 spiro atoms. The summed E-state index contributed by atoms with van der Waals surface area (Å²) < 4.78 is 12.6. The summed E-state index contributed by atoms with van der Waals surface area (Å²) in [7, 11) is 0. The fourth-order valence-corrected chi connectivity index (χ4v) is 3.33. The fourth-order valence-electron chi connectivity index (χ4n) is 2.97. The number of hydrogen-bond donors (Lipinski definition) is 2. The molecule has 22 heavy (non-hydrogen) atoms. The Balaban J connectivity index is 2.43. The lowest BCUT2D eigenvalue weighted by Gasteiger charge is -2.44. The van der Waals surface area contributed by atoms with Crippen molar-refractivity contribution in [2.45, 2.75) is 45.3 Å². The first kappa shape index (κ1) is 17.1. The number of nitrogens with zero attached hydrogens (tertiary/aromatic N) is 1. The van der Waals surface area contributed by atoms with Crippen LogP contribution in [0.15, 0.2) is 27.7 Å². The lowest BCUT2D eigenvalue weighted by molar-refractivity contribution is 0.0420. The van der Waals surface area contributed by atoms with Crippen LogP contribution in [0.1, 0.15) is 39.7 Å². The fraction of sp³-hybridized carbons (Fsp3) is 0.562. The highest BCUT2D eigenvalue weighted by atomic mass is 79.9. The van der Waals surface area contributed by atoms with Crippen LogP contribution >= 0.6 is 15.9 Å². The van der Waals surface area contributed by atoms with Crippen molar-refractivity contribution in [3.63, 3.8) is 0 Å². The van der Waals surface area contributed by atoms with Crippen molar-refractivity contribution in [1.29, 1.82) is 0 Å². The average Bonchev–Trinajstić information content (AvgIpc) is 2.39. The summed E-state index contributed by atoms with van der Waals surface area (Å²) in [6, 6.07) is 6.31. The molecule has 1 aromatic carbocycles. The van der Waals surface area contributed by atoms with Gasteiger partial charge in [-0.1, -0.05) is 15.9 Å². The van der Waals surface area contributed by atoms with Crippen molar-refractivity contribution >= 4 is 22.0 Å². The van der Waals surface area contributed by atoms with Gasteiger partial charge in [-0.2, -0.15) is 0 Å². The molecule has 0 radical (unpaired) electrons. The number of nitrogens with one attached hydrogen (secondary N) is 1. The van der Waals surface area contributed by atoms with Crippen molar-refractivity contribution in [3.05, 3.63) is 28.2 Å². The molecule has 0 bridgehead atoms. The van der Waals surface area contributed by atoms with Gasteiger partial charge in [-0.05, 0) is 45.9 Å². The Kier molecular flexibility index (Phi) is 5.02. The van der Waals surface area contributed by atoms with E-state index < -0.39 is 5.54 Å². The van der Waals surface area contributed by atoms with Gasteiger partial charge in [0.25, 0.3) is 6.02 Å². The lowest BCUT2D eigenvalue weighted by Crippen LogP contribution is -2.53. The molecular weight excluding hydrogens is 348 g/mol. The smallest absolute Gasteiger partial charge is 0.287 e. The first-order chi connectivity index (χ1) is 10.3. The second-order valence-corrected chi connectivity index (χ2v) is 7.09. The van der Waals surface area contributed by atoms with E-state index in [0.29, 0.717) is 12.6 Å². The Labute approximate surface area is 139 Å². The maximum atomic E-state index is 9.08. The van der Waals surface area contributed by atoms with Gasteiger partial charge in [-0.15, -0.1) is 0 Å². The molecular formula is C16H23BrN2O3. The normalized spacial score (nSPS) is 23.5. The van der Waals surface area contributed by atoms with Gasteiger partial charge in [0.1, 0.15) is 18.1 Å². The number of aliphatic imine (C=N–C) groups is 1. The Morgan fingerprint density at radius 2 is 2.18 bits per heavy atom. The van der Waals surface area contributed by atoms with Crippen LogP contribution in [0.4, 0.5) is 0 Å². The summed E-state index contributed by atoms with van der Waals surface area (Å²) in [5.74, 6) is 0.842. The SMILES string of the molecule is CCO/C(=N/CO)NC1(C)CC(C)(C)Oc2ccc(Br)cc21. The molecule has 6 heteroatoms. The Hall–Kier alpha value is -1.27. The van der Waals surface area contributed by atoms with Gasteiger partial charge in [0.05, 0.1) is 12.1 Å². The van der Waals surface area contributed by atoms with Crippen LogP contribution in [0.2, 0.25) is 0 Å². The molecule has 122 valence electrons. The molecule has 5 nitrogen and oxygen atoms in total. The third-order valence-corrected chi connectivity index (χ3v) is 4.07. The van der Waals surface area contributed by atoms with Gasteiger partial charge in [0, 0.05) is 16.5 Å². The Morgan fingerprint density at radius 1 is 1.45 bits per heavy atom. The lowest BCUT2D eigenvalue weighted by atomic mass is 9.79. The number of rotatable bonds is 3. The van der Waals surface area contributed by atoms with Crippen molar-refractivity contribution in [2.75, 3.05) is 13.3 Å². The van der Waals surface area contributed by atoms with E-state index >= 15 is 0 Å². The summed E-state index contributed by atoms with van der Waals surface area (Å²) >= 11 is 3.51. The number of halogens is 1. The number of benzene rings is 1. The minimum absolute atomic E-state index is 0.316. The second-order valence-electron chi connectivity index (χ2n) is 6.17. The highest BCUT2D eigenvalue weighted by molar-refractivity contribution is 9.10. The number of ether oxygens (including phenoxy) is 2. The van der Waals surface area contributed by atoms with Crippen LogP contribution in [0.5, 0.6) is 5.75 Å². The molecule has 1 atom stereocenters. The first-order valence-corrected chi connectivity index (χ1v) is 8.14. The zero-order valence-corrected chi connectivity index (χ0v) is 15.0. The number of fused-ring (bicyclic) bond motifs is 1. The topological polar surface area (TPSA) is 63.1 Å². The Bertz CT molecular complexity index is 575. The van der Waals surface area contributed by atoms with E-state index in [1.807, 2.05) is 25.1 Å². The van der Waals surface area contributed by atoms with Crippen molar-refractivity contribution < 1.29 is 14.6 Å². The quantitative estimate of drug-likeness (QED) is 0.633. The highest BCUT2D eigenvalue weighted by Crippen LogP contribution is 2.44. The maximum absolute atomic E-state index is 9.08. The van der Waals surface area contributed by atoms with Gasteiger partial charge in [-0.25, -0.2) is 4.99 Å². The molecule has 2 rings (SSSR count). The van der Waals surface area contributed by atoms with Crippen molar-refractivity contribution in [1.82, 2.24) is 5.32 Å². The van der Waals surface area contributed by atoms with Gasteiger partial charge >= 0.3 is 0 Å². The summed E-state index contributed by atoms with van der Waals surface area (Å²) in [6.07, 6.45) is 0.737. The molecule has 1 aromatic rings. The van der Waals surface area contributed by atoms with Crippen LogP contribution in [0, 0.1) is 0 Å². The predicted molar refractivity (Wildman–Crippen MR) is 90.1 cm³/mol. The number of aliphatic hydroxyl groups is 1. The predicted octanol–water partition coefficient (Wildman–Crippen LogP) is 3.16. The average molecular weight is 371 g/mol. The molecule has 0 aliphatic carbocycles. The van der Waals surface area contributed by atoms with E-state index in [1.54, 1.807) is 0 Å². The minimum atomic E-state index is -0.413. The van der Waals surface area contributed by atoms with Crippen LogP contribution < -0.4 is 10.1 Å². The summed E-state index contributed by atoms with van der Waals surface area (Å²) in [4.78, 5) is 3.98. The highest BCUT2D eigenvalue weighted by Gasteiger charge is 2.43. The third kappa shape index (κ3) is 3.73. The molecule has 0 fully saturated rings. The van der Waals surface area contributed by atoms with Gasteiger partial charge in [0.15, 0.2) is 0 Å². The number of amidine groups is 1. The molecule has 1 aliphatic rings. The van der Waals surface area contributed by atoms with Gasteiger partial charge in [0.2, 0.25) is 0 Å². The molecule has 0 saturated carbocycles. The zero-order valence-electron chi connectivity index (χ0n) is 13.4. The maximum Gasteiger partial charge on any atom is 0.287 e. The summed E-state index contributed by atoms with van der Waals surface area (Å²) in [6.45, 7) is 8.25. The molecule has 1 heterocycles. The van der Waals surface area contributed by atoms with Crippen molar-refractivity contribution in [2.24, 2.45) is 4.99 Å². The van der Waals surface area contributed by atoms with Gasteiger partial charge in [-0.3, -0.25) is 0 Å². The van der Waals surface area contributed by atoms with E-state index in [4.69, 9.17) is 14.6 Å². The van der Waals surface area contributed by atoms with Crippen LogP contribution in [-0.4, -0.2) is 30.1 Å². The zero-order chi connectivity index (χ0) is 16.4.